The van der Waals surface area contributed by atoms with Crippen LogP contribution in [0, 0.1) is 0 Å². The number of rotatable bonds is 5. The topological polar surface area (TPSA) is 79.0 Å². The Bertz CT molecular complexity index is 744. The minimum atomic E-state index is -0.514. The number of aromatic amines is 1. The summed E-state index contributed by atoms with van der Waals surface area (Å²) in [5.41, 5.74) is -0.0803. The van der Waals surface area contributed by atoms with Gasteiger partial charge in [0, 0.05) is 5.02 Å². The number of carbonyl (C=O) groups is 1. The molecule has 6 nitrogen and oxygen atoms in total. The lowest BCUT2D eigenvalue weighted by molar-refractivity contribution is -0.772. The van der Waals surface area contributed by atoms with E-state index >= 15 is 0 Å². The number of benzene rings is 1. The van der Waals surface area contributed by atoms with Gasteiger partial charge in [-0.15, -0.1) is 0 Å². The van der Waals surface area contributed by atoms with Crippen LogP contribution < -0.4 is 15.6 Å². The summed E-state index contributed by atoms with van der Waals surface area (Å²) >= 11 is 13.0. The van der Waals surface area contributed by atoms with Gasteiger partial charge in [-0.05, 0) is 41.7 Å². The molecule has 1 unspecified atom stereocenters. The number of nitrogens with one attached hydrogen (secondary N) is 2. The maximum atomic E-state index is 12.4. The fourth-order valence-electron chi connectivity index (χ4n) is 1.72. The van der Waals surface area contributed by atoms with E-state index in [9.17, 15) is 9.59 Å². The quantitative estimate of drug-likeness (QED) is 0.632. The van der Waals surface area contributed by atoms with Crippen LogP contribution in [0.4, 0.5) is 5.69 Å². The van der Waals surface area contributed by atoms with Crippen LogP contribution in [0.5, 0.6) is 0 Å². The van der Waals surface area contributed by atoms with Crippen LogP contribution in [0.2, 0.25) is 10.0 Å². The van der Waals surface area contributed by atoms with Crippen molar-refractivity contribution in [3.63, 3.8) is 0 Å². The summed E-state index contributed by atoms with van der Waals surface area (Å²) in [4.78, 5) is 23.9. The molecule has 0 radical (unpaired) electrons. The first-order chi connectivity index (χ1) is 10.4. The number of anilines is 1. The third kappa shape index (κ3) is 3.85. The summed E-state index contributed by atoms with van der Waals surface area (Å²) in [5.74, 6) is -0.266. The van der Waals surface area contributed by atoms with Crippen molar-refractivity contribution in [3.8, 4) is 0 Å². The third-order valence-corrected chi connectivity index (χ3v) is 4.92. The van der Waals surface area contributed by atoms with Gasteiger partial charge in [0.1, 0.15) is 0 Å². The van der Waals surface area contributed by atoms with Crippen LogP contribution in [0.25, 0.3) is 0 Å². The molecule has 0 bridgehead atoms. The Labute approximate surface area is 140 Å². The molecule has 118 valence electrons. The first kappa shape index (κ1) is 16.9. The smallest absolute Gasteiger partial charge is 0.324 e. The molecular weight excluding hydrogens is 349 g/mol. The number of H-pyrrole nitrogens is 1. The Morgan fingerprint density at radius 1 is 1.50 bits per heavy atom. The summed E-state index contributed by atoms with van der Waals surface area (Å²) in [5, 5.41) is 5.84. The lowest BCUT2D eigenvalue weighted by Crippen LogP contribution is -2.35. The molecule has 0 aliphatic rings. The second-order valence-electron chi connectivity index (χ2n) is 4.47. The van der Waals surface area contributed by atoms with Crippen molar-refractivity contribution in [2.45, 2.75) is 23.6 Å². The van der Waals surface area contributed by atoms with E-state index in [1.807, 2.05) is 6.92 Å². The second-order valence-corrected chi connectivity index (χ2v) is 6.51. The Morgan fingerprint density at radius 3 is 2.82 bits per heavy atom. The van der Waals surface area contributed by atoms with Gasteiger partial charge in [-0.1, -0.05) is 34.8 Å². The molecule has 0 fully saturated rings. The summed E-state index contributed by atoms with van der Waals surface area (Å²) in [6.45, 7) is 1.85. The highest BCUT2D eigenvalue weighted by molar-refractivity contribution is 8.00. The van der Waals surface area contributed by atoms with Gasteiger partial charge in [-0.2, -0.15) is 0 Å². The van der Waals surface area contributed by atoms with E-state index < -0.39 is 10.9 Å². The largest absolute Gasteiger partial charge is 0.441 e. The molecule has 1 aromatic heterocycles. The van der Waals surface area contributed by atoms with E-state index in [0.29, 0.717) is 27.2 Å². The molecule has 2 rings (SSSR count). The first-order valence-corrected chi connectivity index (χ1v) is 8.06. The van der Waals surface area contributed by atoms with Gasteiger partial charge in [-0.3, -0.25) is 9.32 Å². The number of aryl methyl sites for hydroxylation is 1. The fraction of sp³-hybridized carbons (Fsp3) is 0.308. The molecule has 0 aliphatic carbocycles. The van der Waals surface area contributed by atoms with Gasteiger partial charge in [0.25, 0.3) is 0 Å². The van der Waals surface area contributed by atoms with Crippen molar-refractivity contribution < 1.29 is 14.0 Å². The van der Waals surface area contributed by atoms with Crippen LogP contribution in [-0.2, 0) is 11.8 Å². The second kappa shape index (κ2) is 7.21. The highest BCUT2D eigenvalue weighted by Gasteiger charge is 2.27. The molecule has 0 spiro atoms. The van der Waals surface area contributed by atoms with Crippen molar-refractivity contribution in [1.29, 1.82) is 0 Å². The van der Waals surface area contributed by atoms with Crippen LogP contribution in [0.15, 0.2) is 32.5 Å². The van der Waals surface area contributed by atoms with E-state index in [1.165, 1.54) is 4.68 Å². The number of carbonyl (C=O) groups excluding carboxylic acids is 1. The lowest BCUT2D eigenvalue weighted by atomic mass is 10.2. The van der Waals surface area contributed by atoms with E-state index in [1.54, 1.807) is 25.2 Å². The molecule has 1 aromatic carbocycles. The van der Waals surface area contributed by atoms with Crippen molar-refractivity contribution in [2.24, 2.45) is 7.05 Å². The van der Waals surface area contributed by atoms with Crippen LogP contribution in [-0.4, -0.2) is 16.4 Å². The first-order valence-electron chi connectivity index (χ1n) is 6.42. The monoisotopic (exact) mass is 362 g/mol. The van der Waals surface area contributed by atoms with E-state index in [0.717, 1.165) is 11.8 Å². The summed E-state index contributed by atoms with van der Waals surface area (Å²) in [7, 11) is 1.63. The number of hydrogen-bond donors (Lipinski definition) is 2. The predicted octanol–water partition coefficient (Wildman–Crippen LogP) is 2.61. The van der Waals surface area contributed by atoms with Gasteiger partial charge in [-0.25, -0.2) is 4.79 Å². The Kier molecular flexibility index (Phi) is 5.55. The maximum absolute atomic E-state index is 12.4. The van der Waals surface area contributed by atoms with Crippen LogP contribution in [0.1, 0.15) is 13.3 Å². The molecule has 1 amide bonds. The Hall–Kier alpha value is -1.44. The lowest BCUT2D eigenvalue weighted by Gasteiger charge is -2.13. The van der Waals surface area contributed by atoms with Gasteiger partial charge in [0.05, 0.1) is 16.0 Å². The zero-order valence-corrected chi connectivity index (χ0v) is 14.2. The summed E-state index contributed by atoms with van der Waals surface area (Å²) in [6.07, 6.45) is 0.527. The van der Waals surface area contributed by atoms with Crippen molar-refractivity contribution in [3.05, 3.63) is 38.7 Å². The van der Waals surface area contributed by atoms with Gasteiger partial charge < -0.3 is 5.32 Å². The minimum absolute atomic E-state index is 0.266. The molecule has 1 atom stereocenters. The van der Waals surface area contributed by atoms with Crippen molar-refractivity contribution >= 4 is 46.6 Å². The molecule has 9 heteroatoms. The SMILES string of the molecule is CCC(Sc1c(=O)o[nH][n+]1C)C(=O)Nc1cc(Cl)ccc1Cl. The molecule has 0 saturated heterocycles. The number of thioether (sulfide) groups is 1. The Morgan fingerprint density at radius 2 is 2.23 bits per heavy atom. The number of halogens is 2. The molecule has 2 aromatic rings. The number of nitrogens with zero attached hydrogens (tertiary/aromatic N) is 1. The molecule has 0 saturated carbocycles. The van der Waals surface area contributed by atoms with Crippen LogP contribution >= 0.6 is 35.0 Å². The van der Waals surface area contributed by atoms with Crippen molar-refractivity contribution in [1.82, 2.24) is 5.27 Å². The number of aromatic nitrogens is 2. The average molecular weight is 363 g/mol. The van der Waals surface area contributed by atoms with Crippen LogP contribution in [0.3, 0.4) is 0 Å². The molecule has 1 heterocycles. The molecule has 0 aliphatic heterocycles. The van der Waals surface area contributed by atoms with E-state index in [-0.39, 0.29) is 5.91 Å². The molecule has 2 N–H and O–H groups in total. The highest BCUT2D eigenvalue weighted by atomic mass is 35.5. The predicted molar refractivity (Wildman–Crippen MR) is 85.5 cm³/mol. The molecular formula is C13H14Cl2N3O3S+. The maximum Gasteiger partial charge on any atom is 0.441 e. The Balaban J connectivity index is 2.15. The van der Waals surface area contributed by atoms with Crippen molar-refractivity contribution in [2.75, 3.05) is 5.32 Å². The van der Waals surface area contributed by atoms with Gasteiger partial charge in [0.15, 0.2) is 7.05 Å². The minimum Gasteiger partial charge on any atom is -0.324 e. The normalized spacial score (nSPS) is 12.2. The van der Waals surface area contributed by atoms with Gasteiger partial charge in [0.2, 0.25) is 5.91 Å². The number of hydrogen-bond acceptors (Lipinski definition) is 4. The third-order valence-electron chi connectivity index (χ3n) is 2.86. The highest BCUT2D eigenvalue weighted by Crippen LogP contribution is 2.27. The van der Waals surface area contributed by atoms with E-state index in [2.05, 4.69) is 15.1 Å². The standard InChI is InChI=1S/C13H13Cl2N3O3S/c1-3-10(22-12-13(20)21-17-18(12)2)11(19)16-9-6-7(14)4-5-8(9)15/h4-6,10H,3H2,1-2H3,(H-,16,17,19,20)/p+1. The average Bonchev–Trinajstić information content (AvgIpc) is 2.79. The fourth-order valence-corrected chi connectivity index (χ4v) is 2.99. The zero-order chi connectivity index (χ0) is 16.3. The van der Waals surface area contributed by atoms with Gasteiger partial charge >= 0.3 is 10.7 Å². The zero-order valence-electron chi connectivity index (χ0n) is 11.9. The van der Waals surface area contributed by atoms with E-state index in [4.69, 9.17) is 23.2 Å². The molecule has 22 heavy (non-hydrogen) atoms. The number of amides is 1. The summed E-state index contributed by atoms with van der Waals surface area (Å²) in [6, 6.07) is 4.81. The summed E-state index contributed by atoms with van der Waals surface area (Å²) < 4.78 is 6.09.